The standard InChI is InChI=1S/C17H23F2N3O3/c1-11(14-10-12(18)4-5-15(14)19)21(2)16(23)20-13-6-8-22(9-7-13)17(24)25-3/h4-5,10-11,13H,6-9H2,1-3H3,(H,20,23). The molecule has 1 unspecified atom stereocenters. The number of hydrogen-bond acceptors (Lipinski definition) is 3. The molecule has 1 aliphatic heterocycles. The van der Waals surface area contributed by atoms with Crippen molar-refractivity contribution in [1.82, 2.24) is 15.1 Å². The molecule has 1 fully saturated rings. The van der Waals surface area contributed by atoms with Crippen LogP contribution in [-0.4, -0.2) is 55.2 Å². The zero-order valence-corrected chi connectivity index (χ0v) is 14.6. The zero-order valence-electron chi connectivity index (χ0n) is 14.6. The van der Waals surface area contributed by atoms with Crippen molar-refractivity contribution in [2.24, 2.45) is 0 Å². The van der Waals surface area contributed by atoms with Gasteiger partial charge in [0.05, 0.1) is 13.2 Å². The Morgan fingerprint density at radius 2 is 1.96 bits per heavy atom. The minimum absolute atomic E-state index is 0.0830. The van der Waals surface area contributed by atoms with Crippen molar-refractivity contribution in [2.75, 3.05) is 27.2 Å². The van der Waals surface area contributed by atoms with E-state index in [1.54, 1.807) is 11.8 Å². The van der Waals surface area contributed by atoms with Crippen molar-refractivity contribution in [3.63, 3.8) is 0 Å². The van der Waals surface area contributed by atoms with Crippen molar-refractivity contribution in [1.29, 1.82) is 0 Å². The summed E-state index contributed by atoms with van der Waals surface area (Å²) in [5.74, 6) is -1.10. The van der Waals surface area contributed by atoms with E-state index in [0.717, 1.165) is 18.2 Å². The summed E-state index contributed by atoms with van der Waals surface area (Å²) >= 11 is 0. The molecule has 0 radical (unpaired) electrons. The molecule has 1 atom stereocenters. The number of carbonyl (C=O) groups excluding carboxylic acids is 2. The molecule has 1 N–H and O–H groups in total. The highest BCUT2D eigenvalue weighted by molar-refractivity contribution is 5.75. The smallest absolute Gasteiger partial charge is 0.409 e. The SMILES string of the molecule is COC(=O)N1CCC(NC(=O)N(C)C(C)c2cc(F)ccc2F)CC1. The van der Waals surface area contributed by atoms with Crippen molar-refractivity contribution in [3.8, 4) is 0 Å². The van der Waals surface area contributed by atoms with E-state index in [0.29, 0.717) is 25.9 Å². The minimum atomic E-state index is -0.620. The second kappa shape index (κ2) is 8.13. The summed E-state index contributed by atoms with van der Waals surface area (Å²) in [6.07, 6.45) is 0.839. The van der Waals surface area contributed by atoms with E-state index in [1.807, 2.05) is 0 Å². The van der Waals surface area contributed by atoms with E-state index in [2.05, 4.69) is 10.1 Å². The second-order valence-electron chi connectivity index (χ2n) is 6.13. The molecule has 3 amide bonds. The van der Waals surface area contributed by atoms with E-state index in [-0.39, 0.29) is 23.7 Å². The molecule has 0 aromatic heterocycles. The molecule has 1 saturated heterocycles. The van der Waals surface area contributed by atoms with Gasteiger partial charge in [-0.2, -0.15) is 0 Å². The highest BCUT2D eigenvalue weighted by Crippen LogP contribution is 2.23. The van der Waals surface area contributed by atoms with Gasteiger partial charge in [-0.15, -0.1) is 0 Å². The molecule has 138 valence electrons. The summed E-state index contributed by atoms with van der Waals surface area (Å²) in [7, 11) is 2.87. The van der Waals surface area contributed by atoms with E-state index >= 15 is 0 Å². The van der Waals surface area contributed by atoms with Crippen LogP contribution in [-0.2, 0) is 4.74 Å². The maximum Gasteiger partial charge on any atom is 0.409 e. The van der Waals surface area contributed by atoms with Crippen LogP contribution in [0.25, 0.3) is 0 Å². The topological polar surface area (TPSA) is 61.9 Å². The Balaban J connectivity index is 1.92. The van der Waals surface area contributed by atoms with E-state index in [1.165, 1.54) is 19.1 Å². The Bertz CT molecular complexity index is 634. The number of likely N-dealkylation sites (tertiary alicyclic amines) is 1. The van der Waals surface area contributed by atoms with Crippen molar-refractivity contribution >= 4 is 12.1 Å². The maximum absolute atomic E-state index is 13.9. The lowest BCUT2D eigenvalue weighted by atomic mass is 10.1. The summed E-state index contributed by atoms with van der Waals surface area (Å²) in [4.78, 5) is 26.8. The largest absolute Gasteiger partial charge is 0.453 e. The van der Waals surface area contributed by atoms with Gasteiger partial charge in [0.25, 0.3) is 0 Å². The van der Waals surface area contributed by atoms with E-state index < -0.39 is 17.7 Å². The van der Waals surface area contributed by atoms with Crippen LogP contribution in [0.5, 0.6) is 0 Å². The van der Waals surface area contributed by atoms with Gasteiger partial charge in [0.1, 0.15) is 11.6 Å². The molecular formula is C17H23F2N3O3. The summed E-state index contributed by atoms with van der Waals surface area (Å²) in [5.41, 5.74) is 0.123. The first-order valence-electron chi connectivity index (χ1n) is 8.14. The fourth-order valence-corrected chi connectivity index (χ4v) is 2.83. The Hall–Kier alpha value is -2.38. The van der Waals surface area contributed by atoms with Gasteiger partial charge in [-0.3, -0.25) is 0 Å². The molecule has 1 aromatic carbocycles. The molecule has 1 aliphatic rings. The summed E-state index contributed by atoms with van der Waals surface area (Å²) in [5, 5.41) is 2.87. The second-order valence-corrected chi connectivity index (χ2v) is 6.13. The Morgan fingerprint density at radius 3 is 2.56 bits per heavy atom. The molecule has 25 heavy (non-hydrogen) atoms. The average Bonchev–Trinajstić information content (AvgIpc) is 2.62. The number of rotatable bonds is 3. The molecule has 6 nitrogen and oxygen atoms in total. The number of hydrogen-bond donors (Lipinski definition) is 1. The summed E-state index contributed by atoms with van der Waals surface area (Å²) in [6, 6.07) is 2.12. The van der Waals surface area contributed by atoms with Crippen molar-refractivity contribution in [2.45, 2.75) is 31.8 Å². The lowest BCUT2D eigenvalue weighted by molar-refractivity contribution is 0.109. The number of benzene rings is 1. The normalized spacial score (nSPS) is 16.3. The number of nitrogens with zero attached hydrogens (tertiary/aromatic N) is 2. The monoisotopic (exact) mass is 355 g/mol. The first kappa shape index (κ1) is 19.0. The van der Waals surface area contributed by atoms with Gasteiger partial charge in [-0.1, -0.05) is 0 Å². The molecule has 8 heteroatoms. The Morgan fingerprint density at radius 1 is 1.32 bits per heavy atom. The van der Waals surface area contributed by atoms with Crippen LogP contribution in [0.2, 0.25) is 0 Å². The highest BCUT2D eigenvalue weighted by atomic mass is 19.1. The van der Waals surface area contributed by atoms with Crippen LogP contribution in [0.4, 0.5) is 18.4 Å². The van der Waals surface area contributed by atoms with Gasteiger partial charge >= 0.3 is 12.1 Å². The van der Waals surface area contributed by atoms with Gasteiger partial charge < -0.3 is 19.9 Å². The summed E-state index contributed by atoms with van der Waals surface area (Å²) < 4.78 is 31.9. The van der Waals surface area contributed by atoms with E-state index in [9.17, 15) is 18.4 Å². The number of ether oxygens (including phenoxy) is 1. The quantitative estimate of drug-likeness (QED) is 0.907. The number of amides is 3. The molecule has 0 saturated carbocycles. The number of nitrogens with one attached hydrogen (secondary N) is 1. The van der Waals surface area contributed by atoms with Crippen LogP contribution in [0.3, 0.4) is 0 Å². The first-order valence-corrected chi connectivity index (χ1v) is 8.14. The maximum atomic E-state index is 13.9. The molecule has 2 rings (SSSR count). The fraction of sp³-hybridized carbons (Fsp3) is 0.529. The molecule has 1 aromatic rings. The van der Waals surface area contributed by atoms with Gasteiger partial charge in [-0.05, 0) is 38.0 Å². The van der Waals surface area contributed by atoms with Gasteiger partial charge in [-0.25, -0.2) is 18.4 Å². The lowest BCUT2D eigenvalue weighted by Crippen LogP contribution is -2.49. The Labute approximate surface area is 145 Å². The third kappa shape index (κ3) is 4.58. The molecule has 0 aliphatic carbocycles. The predicted octanol–water partition coefficient (Wildman–Crippen LogP) is 2.90. The van der Waals surface area contributed by atoms with Crippen molar-refractivity contribution < 1.29 is 23.1 Å². The predicted molar refractivity (Wildman–Crippen MR) is 88.1 cm³/mol. The number of urea groups is 1. The molecule has 1 heterocycles. The van der Waals surface area contributed by atoms with E-state index in [4.69, 9.17) is 0 Å². The fourth-order valence-electron chi connectivity index (χ4n) is 2.83. The van der Waals surface area contributed by atoms with Crippen LogP contribution in [0, 0.1) is 11.6 Å². The number of carbonyl (C=O) groups is 2. The molecule has 0 bridgehead atoms. The zero-order chi connectivity index (χ0) is 18.6. The first-order chi connectivity index (χ1) is 11.8. The lowest BCUT2D eigenvalue weighted by Gasteiger charge is -2.33. The van der Waals surface area contributed by atoms with Crippen molar-refractivity contribution in [3.05, 3.63) is 35.4 Å². The third-order valence-corrected chi connectivity index (χ3v) is 4.56. The number of piperidine rings is 1. The average molecular weight is 355 g/mol. The minimum Gasteiger partial charge on any atom is -0.453 e. The van der Waals surface area contributed by atoms with Crippen LogP contribution in [0.15, 0.2) is 18.2 Å². The van der Waals surface area contributed by atoms with Crippen LogP contribution >= 0.6 is 0 Å². The van der Waals surface area contributed by atoms with Crippen LogP contribution < -0.4 is 5.32 Å². The van der Waals surface area contributed by atoms with Gasteiger partial charge in [0, 0.05) is 31.7 Å². The number of methoxy groups -OCH3 is 1. The molecule has 0 spiro atoms. The van der Waals surface area contributed by atoms with Gasteiger partial charge in [0.15, 0.2) is 0 Å². The Kier molecular flexibility index (Phi) is 6.17. The third-order valence-electron chi connectivity index (χ3n) is 4.56. The number of halogens is 2. The van der Waals surface area contributed by atoms with Gasteiger partial charge in [0.2, 0.25) is 0 Å². The van der Waals surface area contributed by atoms with Crippen LogP contribution in [0.1, 0.15) is 31.4 Å². The summed E-state index contributed by atoms with van der Waals surface area (Å²) in [6.45, 7) is 2.63. The highest BCUT2D eigenvalue weighted by Gasteiger charge is 2.27. The molecular weight excluding hydrogens is 332 g/mol.